The van der Waals surface area contributed by atoms with Crippen LogP contribution in [0.2, 0.25) is 0 Å². The largest absolute Gasteiger partial charge is 0.375 e. The van der Waals surface area contributed by atoms with Crippen LogP contribution in [0.25, 0.3) is 0 Å². The van der Waals surface area contributed by atoms with Crippen LogP contribution in [0, 0.1) is 16.7 Å². The summed E-state index contributed by atoms with van der Waals surface area (Å²) in [6.45, 7) is 0. The lowest BCUT2D eigenvalue weighted by Crippen LogP contribution is -2.32. The lowest BCUT2D eigenvalue weighted by Gasteiger charge is -2.16. The van der Waals surface area contributed by atoms with Gasteiger partial charge in [0.15, 0.2) is 7.85 Å². The Morgan fingerprint density at radius 1 is 1.09 bits per heavy atom. The first-order chi connectivity index (χ1) is 5.03. The molecule has 0 unspecified atom stereocenters. The highest BCUT2D eigenvalue weighted by atomic mass is 16.5. The average Bonchev–Trinajstić information content (AvgIpc) is 2.58. The van der Waals surface area contributed by atoms with Crippen LogP contribution in [0.5, 0.6) is 0 Å². The van der Waals surface area contributed by atoms with E-state index in [0.717, 1.165) is 25.7 Å². The Morgan fingerprint density at radius 3 is 1.55 bits per heavy atom. The Balaban J connectivity index is 1.93. The molecule has 0 aromatic heterocycles. The van der Waals surface area contributed by atoms with E-state index in [1.807, 2.05) is 0 Å². The van der Waals surface area contributed by atoms with Crippen molar-refractivity contribution in [3.8, 4) is 0 Å². The van der Waals surface area contributed by atoms with Crippen molar-refractivity contribution in [1.82, 2.24) is 0 Å². The van der Waals surface area contributed by atoms with Crippen molar-refractivity contribution in [2.75, 3.05) is 0 Å². The molecule has 3 aliphatic carbocycles. The van der Waals surface area contributed by atoms with Gasteiger partial charge in [-0.2, -0.15) is 0 Å². The fourth-order valence-corrected chi connectivity index (χ4v) is 3.39. The minimum atomic E-state index is -1.90. The molecule has 11 heavy (non-hydrogen) atoms. The van der Waals surface area contributed by atoms with Gasteiger partial charge >= 0.3 is 0 Å². The molecule has 2 nitrogen and oxygen atoms in total. The Morgan fingerprint density at radius 2 is 1.45 bits per heavy atom. The van der Waals surface area contributed by atoms with Crippen molar-refractivity contribution in [2.24, 2.45) is 16.7 Å². The van der Waals surface area contributed by atoms with Gasteiger partial charge in [0.05, 0.1) is 0 Å². The van der Waals surface area contributed by atoms with Gasteiger partial charge in [0.2, 0.25) is 0 Å². The van der Waals surface area contributed by atoms with Gasteiger partial charge in [0.1, 0.15) is 5.69 Å². The molecule has 0 aliphatic heterocycles. The van der Waals surface area contributed by atoms with Crippen LogP contribution in [0.3, 0.4) is 0 Å². The SMILES string of the molecule is [B]C(O)(O)C1C2(CC2)C12CC2. The molecule has 0 heterocycles. The molecule has 0 saturated heterocycles. The summed E-state index contributed by atoms with van der Waals surface area (Å²) >= 11 is 0. The van der Waals surface area contributed by atoms with Crippen LogP contribution >= 0.6 is 0 Å². The molecule has 0 atom stereocenters. The van der Waals surface area contributed by atoms with E-state index in [4.69, 9.17) is 7.85 Å². The van der Waals surface area contributed by atoms with Crippen LogP contribution in [0.1, 0.15) is 25.7 Å². The third kappa shape index (κ3) is 0.520. The summed E-state index contributed by atoms with van der Waals surface area (Å²) in [7, 11) is 5.28. The van der Waals surface area contributed by atoms with Gasteiger partial charge in [-0.25, -0.2) is 0 Å². The maximum absolute atomic E-state index is 9.24. The molecular formula is C8H11BO2. The van der Waals surface area contributed by atoms with Crippen molar-refractivity contribution >= 4 is 7.85 Å². The van der Waals surface area contributed by atoms with Crippen molar-refractivity contribution in [2.45, 2.75) is 31.4 Å². The van der Waals surface area contributed by atoms with Crippen molar-refractivity contribution < 1.29 is 10.2 Å². The molecule has 3 saturated carbocycles. The van der Waals surface area contributed by atoms with Crippen molar-refractivity contribution in [3.63, 3.8) is 0 Å². The summed E-state index contributed by atoms with van der Waals surface area (Å²) in [6, 6.07) is 0. The second-order valence-electron chi connectivity index (χ2n) is 4.53. The number of aliphatic hydroxyl groups is 2. The molecule has 0 aromatic rings. The number of hydrogen-bond acceptors (Lipinski definition) is 2. The van der Waals surface area contributed by atoms with Crippen LogP contribution in [-0.2, 0) is 0 Å². The maximum Gasteiger partial charge on any atom is 0.154 e. The van der Waals surface area contributed by atoms with Gasteiger partial charge in [-0.1, -0.05) is 0 Å². The third-order valence-corrected chi connectivity index (χ3v) is 4.02. The minimum absolute atomic E-state index is 0.0116. The summed E-state index contributed by atoms with van der Waals surface area (Å²) in [5.41, 5.74) is -1.33. The lowest BCUT2D eigenvalue weighted by atomic mass is 9.87. The molecule has 3 aliphatic rings. The summed E-state index contributed by atoms with van der Waals surface area (Å²) in [6.07, 6.45) is 4.66. The van der Waals surface area contributed by atoms with E-state index in [1.54, 1.807) is 0 Å². The quantitative estimate of drug-likeness (QED) is 0.407. The summed E-state index contributed by atoms with van der Waals surface area (Å²) < 4.78 is 0. The minimum Gasteiger partial charge on any atom is -0.375 e. The molecule has 2 spiro atoms. The maximum atomic E-state index is 9.24. The molecule has 3 rings (SSSR count). The van der Waals surface area contributed by atoms with Crippen LogP contribution in [0.4, 0.5) is 0 Å². The Hall–Kier alpha value is -0.0151. The van der Waals surface area contributed by atoms with E-state index in [9.17, 15) is 10.2 Å². The number of fused-ring (bicyclic) bond motifs is 1. The van der Waals surface area contributed by atoms with Crippen LogP contribution in [-0.4, -0.2) is 23.7 Å². The fourth-order valence-electron chi connectivity index (χ4n) is 3.39. The van der Waals surface area contributed by atoms with E-state index in [2.05, 4.69) is 0 Å². The predicted molar refractivity (Wildman–Crippen MR) is 39.7 cm³/mol. The number of hydrogen-bond donors (Lipinski definition) is 2. The van der Waals surface area contributed by atoms with E-state index >= 15 is 0 Å². The monoisotopic (exact) mass is 150 g/mol. The highest BCUT2D eigenvalue weighted by Crippen LogP contribution is 2.93. The molecular weight excluding hydrogens is 139 g/mol. The zero-order chi connectivity index (χ0) is 7.91. The van der Waals surface area contributed by atoms with Gasteiger partial charge in [-0.3, -0.25) is 0 Å². The Labute approximate surface area is 67.0 Å². The van der Waals surface area contributed by atoms with Gasteiger partial charge in [0, 0.05) is 5.92 Å². The van der Waals surface area contributed by atoms with E-state index in [0.29, 0.717) is 0 Å². The second-order valence-corrected chi connectivity index (χ2v) is 4.53. The molecule has 3 heteroatoms. The first-order valence-electron chi connectivity index (χ1n) is 4.27. The highest BCUT2D eigenvalue weighted by molar-refractivity contribution is 6.13. The van der Waals surface area contributed by atoms with E-state index in [-0.39, 0.29) is 16.7 Å². The summed E-state index contributed by atoms with van der Waals surface area (Å²) in [4.78, 5) is 0. The lowest BCUT2D eigenvalue weighted by molar-refractivity contribution is -0.110. The topological polar surface area (TPSA) is 40.5 Å². The van der Waals surface area contributed by atoms with E-state index in [1.165, 1.54) is 0 Å². The standard InChI is InChI=1S/C8H11BO2/c9-8(10,11)5-6(1-2-6)7(5)3-4-7/h5,10-11H,1-4H2. The fraction of sp³-hybridized carbons (Fsp3) is 1.00. The molecule has 0 aromatic carbocycles. The first kappa shape index (κ1) is 6.50. The zero-order valence-electron chi connectivity index (χ0n) is 6.38. The Bertz CT molecular complexity index is 205. The average molecular weight is 150 g/mol. The molecule has 2 N–H and O–H groups in total. The number of rotatable bonds is 1. The zero-order valence-corrected chi connectivity index (χ0v) is 6.38. The predicted octanol–water partition coefficient (Wildman–Crippen LogP) is -0.0165. The van der Waals surface area contributed by atoms with Gasteiger partial charge < -0.3 is 10.2 Å². The Kier molecular flexibility index (Phi) is 0.762. The van der Waals surface area contributed by atoms with Gasteiger partial charge in [-0.15, -0.1) is 0 Å². The smallest absolute Gasteiger partial charge is 0.154 e. The van der Waals surface area contributed by atoms with Crippen LogP contribution < -0.4 is 0 Å². The van der Waals surface area contributed by atoms with Gasteiger partial charge in [0.25, 0.3) is 0 Å². The van der Waals surface area contributed by atoms with Crippen molar-refractivity contribution in [3.05, 3.63) is 0 Å². The summed E-state index contributed by atoms with van der Waals surface area (Å²) in [5, 5.41) is 18.5. The summed E-state index contributed by atoms with van der Waals surface area (Å²) in [5.74, 6) is -0.0116. The molecule has 58 valence electrons. The molecule has 3 fully saturated rings. The second kappa shape index (κ2) is 1.29. The molecule has 0 amide bonds. The highest BCUT2D eigenvalue weighted by Gasteiger charge is 2.89. The van der Waals surface area contributed by atoms with E-state index < -0.39 is 5.69 Å². The third-order valence-electron chi connectivity index (χ3n) is 4.02. The molecule has 2 radical (unpaired) electrons. The van der Waals surface area contributed by atoms with Crippen LogP contribution in [0.15, 0.2) is 0 Å². The first-order valence-corrected chi connectivity index (χ1v) is 4.27. The van der Waals surface area contributed by atoms with Crippen molar-refractivity contribution in [1.29, 1.82) is 0 Å². The normalized spacial score (nSPS) is 41.1. The molecule has 0 bridgehead atoms. The van der Waals surface area contributed by atoms with Gasteiger partial charge in [-0.05, 0) is 36.5 Å².